The summed E-state index contributed by atoms with van der Waals surface area (Å²) in [5.41, 5.74) is 1.62. The molecule has 0 radical (unpaired) electrons. The van der Waals surface area contributed by atoms with Gasteiger partial charge in [0.05, 0.1) is 14.2 Å². The lowest BCUT2D eigenvalue weighted by atomic mass is 9.83. The van der Waals surface area contributed by atoms with Gasteiger partial charge in [0.15, 0.2) is 23.8 Å². The number of epoxide rings is 2. The SMILES string of the molecule is COc1ccc(CC23OC2OC2OC23Cc2ccc(OC)cc2)cc1. The molecule has 0 spiro atoms. The van der Waals surface area contributed by atoms with Gasteiger partial charge in [0, 0.05) is 12.8 Å². The van der Waals surface area contributed by atoms with Crippen molar-refractivity contribution in [3.63, 3.8) is 0 Å². The van der Waals surface area contributed by atoms with E-state index in [0.29, 0.717) is 0 Å². The van der Waals surface area contributed by atoms with Crippen molar-refractivity contribution in [2.45, 2.75) is 36.6 Å². The minimum Gasteiger partial charge on any atom is -0.497 e. The Bertz CT molecular complexity index is 719. The van der Waals surface area contributed by atoms with Gasteiger partial charge in [0.2, 0.25) is 0 Å². The molecule has 2 aromatic rings. The summed E-state index contributed by atoms with van der Waals surface area (Å²) >= 11 is 0. The third kappa shape index (κ3) is 2.20. The van der Waals surface area contributed by atoms with Crippen LogP contribution in [-0.4, -0.2) is 38.0 Å². The molecule has 4 unspecified atom stereocenters. The molecule has 5 heteroatoms. The zero-order valence-electron chi connectivity index (χ0n) is 14.2. The first-order chi connectivity index (χ1) is 12.2. The average molecular weight is 340 g/mol. The molecule has 3 saturated heterocycles. The molecule has 0 aromatic heterocycles. The molecule has 130 valence electrons. The van der Waals surface area contributed by atoms with Crippen molar-refractivity contribution < 1.29 is 23.7 Å². The minimum atomic E-state index is -0.383. The number of fused-ring (bicyclic) bond motifs is 3. The number of methoxy groups -OCH3 is 2. The van der Waals surface area contributed by atoms with E-state index in [1.807, 2.05) is 24.3 Å². The molecule has 3 fully saturated rings. The molecule has 5 nitrogen and oxygen atoms in total. The van der Waals surface area contributed by atoms with Crippen LogP contribution in [0.25, 0.3) is 0 Å². The van der Waals surface area contributed by atoms with Crippen LogP contribution in [0.5, 0.6) is 11.5 Å². The van der Waals surface area contributed by atoms with Gasteiger partial charge in [-0.2, -0.15) is 0 Å². The molecule has 0 aliphatic carbocycles. The van der Waals surface area contributed by atoms with Gasteiger partial charge < -0.3 is 23.7 Å². The summed E-state index contributed by atoms with van der Waals surface area (Å²) in [6.45, 7) is 0. The Kier molecular flexibility index (Phi) is 3.17. The van der Waals surface area contributed by atoms with Gasteiger partial charge in [-0.15, -0.1) is 0 Å². The molecule has 5 rings (SSSR count). The van der Waals surface area contributed by atoms with Crippen molar-refractivity contribution in [2.24, 2.45) is 0 Å². The van der Waals surface area contributed by atoms with E-state index in [0.717, 1.165) is 24.3 Å². The van der Waals surface area contributed by atoms with Crippen molar-refractivity contribution in [2.75, 3.05) is 14.2 Å². The fourth-order valence-corrected chi connectivity index (χ4v) is 3.94. The Morgan fingerprint density at radius 1 is 0.720 bits per heavy atom. The first-order valence-corrected chi connectivity index (χ1v) is 8.46. The van der Waals surface area contributed by atoms with Gasteiger partial charge in [-0.3, -0.25) is 0 Å². The highest BCUT2D eigenvalue weighted by atomic mass is 16.9. The first kappa shape index (κ1) is 15.2. The standard InChI is InChI=1S/C20H20O5/c1-21-15-7-3-13(4-8-15)11-19-17(24-19)23-18-20(19,25-18)12-14-5-9-16(22-2)10-6-14/h3-10,17-18H,11-12H2,1-2H3. The van der Waals surface area contributed by atoms with Gasteiger partial charge >= 0.3 is 0 Å². The number of rotatable bonds is 6. The van der Waals surface area contributed by atoms with Crippen LogP contribution in [0.1, 0.15) is 11.1 Å². The smallest absolute Gasteiger partial charge is 0.194 e. The lowest BCUT2D eigenvalue weighted by molar-refractivity contribution is -0.00959. The molecule has 0 bridgehead atoms. The van der Waals surface area contributed by atoms with E-state index in [2.05, 4.69) is 24.3 Å². The molecule has 25 heavy (non-hydrogen) atoms. The van der Waals surface area contributed by atoms with Crippen LogP contribution in [0, 0.1) is 0 Å². The van der Waals surface area contributed by atoms with E-state index in [1.54, 1.807) is 14.2 Å². The van der Waals surface area contributed by atoms with Crippen molar-refractivity contribution in [1.82, 2.24) is 0 Å². The molecule has 0 saturated carbocycles. The Morgan fingerprint density at radius 3 is 1.48 bits per heavy atom. The van der Waals surface area contributed by atoms with Crippen LogP contribution in [0.3, 0.4) is 0 Å². The second kappa shape index (κ2) is 5.21. The number of hydrogen-bond acceptors (Lipinski definition) is 5. The molecule has 0 N–H and O–H groups in total. The Hall–Kier alpha value is -2.08. The summed E-state index contributed by atoms with van der Waals surface area (Å²) < 4.78 is 28.3. The highest BCUT2D eigenvalue weighted by Gasteiger charge is 2.88. The number of benzene rings is 2. The van der Waals surface area contributed by atoms with Crippen molar-refractivity contribution in [3.8, 4) is 11.5 Å². The molecule has 4 atom stereocenters. The lowest BCUT2D eigenvalue weighted by Gasteiger charge is -2.19. The van der Waals surface area contributed by atoms with Crippen molar-refractivity contribution in [1.29, 1.82) is 0 Å². The van der Waals surface area contributed by atoms with Crippen molar-refractivity contribution >= 4 is 0 Å². The predicted octanol–water partition coefficient (Wildman–Crippen LogP) is 2.71. The van der Waals surface area contributed by atoms with Crippen LogP contribution in [0.4, 0.5) is 0 Å². The second-order valence-electron chi connectivity index (χ2n) is 6.86. The highest BCUT2D eigenvalue weighted by Crippen LogP contribution is 2.67. The van der Waals surface area contributed by atoms with Crippen LogP contribution in [-0.2, 0) is 27.1 Å². The minimum absolute atomic E-state index is 0.161. The first-order valence-electron chi connectivity index (χ1n) is 8.46. The number of ether oxygens (including phenoxy) is 5. The Labute approximate surface area is 146 Å². The molecule has 3 aliphatic heterocycles. The van der Waals surface area contributed by atoms with Crippen LogP contribution >= 0.6 is 0 Å². The zero-order chi connectivity index (χ0) is 17.1. The van der Waals surface area contributed by atoms with Gasteiger partial charge in [0.1, 0.15) is 11.5 Å². The van der Waals surface area contributed by atoms with Crippen molar-refractivity contribution in [3.05, 3.63) is 59.7 Å². The fourth-order valence-electron chi connectivity index (χ4n) is 3.94. The van der Waals surface area contributed by atoms with E-state index < -0.39 is 0 Å². The van der Waals surface area contributed by atoms with Gasteiger partial charge in [-0.25, -0.2) is 0 Å². The quantitative estimate of drug-likeness (QED) is 0.757. The summed E-state index contributed by atoms with van der Waals surface area (Å²) in [6, 6.07) is 16.2. The molecule has 0 amide bonds. The van der Waals surface area contributed by atoms with E-state index in [-0.39, 0.29) is 23.8 Å². The van der Waals surface area contributed by atoms with Gasteiger partial charge in [-0.05, 0) is 35.4 Å². The van der Waals surface area contributed by atoms with E-state index in [9.17, 15) is 0 Å². The Morgan fingerprint density at radius 2 is 1.12 bits per heavy atom. The third-order valence-corrected chi connectivity index (χ3v) is 5.50. The fraction of sp³-hybridized carbons (Fsp3) is 0.400. The normalized spacial score (nSPS) is 34.2. The summed E-state index contributed by atoms with van der Waals surface area (Å²) in [7, 11) is 3.34. The Balaban J connectivity index is 1.37. The maximum absolute atomic E-state index is 5.97. The average Bonchev–Trinajstić information content (AvgIpc) is 3.53. The van der Waals surface area contributed by atoms with E-state index in [4.69, 9.17) is 23.7 Å². The molecule has 3 aliphatic rings. The zero-order valence-corrected chi connectivity index (χ0v) is 14.2. The summed E-state index contributed by atoms with van der Waals surface area (Å²) in [5.74, 6) is 1.70. The second-order valence-corrected chi connectivity index (χ2v) is 6.86. The topological polar surface area (TPSA) is 52.8 Å². The predicted molar refractivity (Wildman–Crippen MR) is 89.7 cm³/mol. The van der Waals surface area contributed by atoms with Crippen LogP contribution < -0.4 is 9.47 Å². The van der Waals surface area contributed by atoms with Crippen LogP contribution in [0.2, 0.25) is 0 Å². The van der Waals surface area contributed by atoms with Crippen LogP contribution in [0.15, 0.2) is 48.5 Å². The van der Waals surface area contributed by atoms with E-state index >= 15 is 0 Å². The lowest BCUT2D eigenvalue weighted by Crippen LogP contribution is -2.38. The largest absolute Gasteiger partial charge is 0.497 e. The molecular formula is C20H20O5. The van der Waals surface area contributed by atoms with E-state index in [1.165, 1.54) is 11.1 Å². The third-order valence-electron chi connectivity index (χ3n) is 5.50. The molecular weight excluding hydrogens is 320 g/mol. The number of hydrogen-bond donors (Lipinski definition) is 0. The molecule has 3 heterocycles. The molecule has 2 aromatic carbocycles. The summed E-state index contributed by atoms with van der Waals surface area (Å²) in [5, 5.41) is 0. The van der Waals surface area contributed by atoms with Gasteiger partial charge in [0.25, 0.3) is 0 Å². The highest BCUT2D eigenvalue weighted by molar-refractivity contribution is 5.38. The monoisotopic (exact) mass is 340 g/mol. The maximum Gasteiger partial charge on any atom is 0.194 e. The summed E-state index contributed by atoms with van der Waals surface area (Å²) in [4.78, 5) is 0. The maximum atomic E-state index is 5.97. The van der Waals surface area contributed by atoms with Gasteiger partial charge in [-0.1, -0.05) is 24.3 Å². The summed E-state index contributed by atoms with van der Waals surface area (Å²) in [6.07, 6.45) is 1.22.